The van der Waals surface area contributed by atoms with Crippen molar-refractivity contribution in [2.24, 2.45) is 0 Å². The first kappa shape index (κ1) is 14.7. The van der Waals surface area contributed by atoms with E-state index in [2.05, 4.69) is 5.32 Å². The first-order valence-corrected chi connectivity index (χ1v) is 6.93. The van der Waals surface area contributed by atoms with E-state index in [-0.39, 0.29) is 11.7 Å². The van der Waals surface area contributed by atoms with Crippen LogP contribution in [0.5, 0.6) is 11.5 Å². The second-order valence-electron chi connectivity index (χ2n) is 5.25. The minimum Gasteiger partial charge on any atom is -0.504 e. The van der Waals surface area contributed by atoms with Gasteiger partial charge in [-0.3, -0.25) is 4.79 Å². The summed E-state index contributed by atoms with van der Waals surface area (Å²) in [6, 6.07) is 5.52. The predicted molar refractivity (Wildman–Crippen MR) is 76.8 cm³/mol. The molecule has 0 radical (unpaired) electrons. The molecule has 5 nitrogen and oxygen atoms in total. The van der Waals surface area contributed by atoms with Crippen LogP contribution in [0.25, 0.3) is 0 Å². The summed E-state index contributed by atoms with van der Waals surface area (Å²) in [5, 5.41) is 13.1. The smallest absolute Gasteiger partial charge is 0.224 e. The number of amides is 1. The zero-order valence-electron chi connectivity index (χ0n) is 12.1. The Kier molecular flexibility index (Phi) is 4.84. The molecule has 0 saturated carbocycles. The summed E-state index contributed by atoms with van der Waals surface area (Å²) in [6.45, 7) is 1.50. The SMILES string of the molecule is COc1ccc(CN(C)C(=O)CC2CCCN2)cc1O. The van der Waals surface area contributed by atoms with Gasteiger partial charge in [0, 0.05) is 26.1 Å². The minimum atomic E-state index is 0.100. The van der Waals surface area contributed by atoms with Crippen LogP contribution >= 0.6 is 0 Å². The van der Waals surface area contributed by atoms with Crippen molar-refractivity contribution in [2.75, 3.05) is 20.7 Å². The summed E-state index contributed by atoms with van der Waals surface area (Å²) in [6.07, 6.45) is 2.76. The number of rotatable bonds is 5. The summed E-state index contributed by atoms with van der Waals surface area (Å²) in [5.41, 5.74) is 0.888. The van der Waals surface area contributed by atoms with E-state index >= 15 is 0 Å². The molecule has 0 bridgehead atoms. The maximum Gasteiger partial charge on any atom is 0.224 e. The van der Waals surface area contributed by atoms with Crippen LogP contribution in [0, 0.1) is 0 Å². The summed E-state index contributed by atoms with van der Waals surface area (Å²) >= 11 is 0. The average molecular weight is 278 g/mol. The Balaban J connectivity index is 1.91. The summed E-state index contributed by atoms with van der Waals surface area (Å²) in [7, 11) is 3.30. The van der Waals surface area contributed by atoms with Gasteiger partial charge in [-0.15, -0.1) is 0 Å². The highest BCUT2D eigenvalue weighted by atomic mass is 16.5. The number of carbonyl (C=O) groups excluding carboxylic acids is 1. The van der Waals surface area contributed by atoms with Crippen LogP contribution in [-0.4, -0.2) is 42.7 Å². The third-order valence-corrected chi connectivity index (χ3v) is 3.67. The summed E-state index contributed by atoms with van der Waals surface area (Å²) in [4.78, 5) is 13.8. The normalized spacial score (nSPS) is 18.0. The number of phenols is 1. The van der Waals surface area contributed by atoms with Gasteiger partial charge in [-0.05, 0) is 37.1 Å². The number of hydrogen-bond acceptors (Lipinski definition) is 4. The highest BCUT2D eigenvalue weighted by molar-refractivity contribution is 5.76. The topological polar surface area (TPSA) is 61.8 Å². The highest BCUT2D eigenvalue weighted by Gasteiger charge is 2.20. The molecule has 20 heavy (non-hydrogen) atoms. The number of nitrogens with one attached hydrogen (secondary N) is 1. The lowest BCUT2D eigenvalue weighted by atomic mass is 10.1. The van der Waals surface area contributed by atoms with Crippen LogP contribution in [0.15, 0.2) is 18.2 Å². The van der Waals surface area contributed by atoms with Gasteiger partial charge in [0.1, 0.15) is 0 Å². The molecule has 2 rings (SSSR count). The van der Waals surface area contributed by atoms with Crippen LogP contribution in [-0.2, 0) is 11.3 Å². The molecular weight excluding hydrogens is 256 g/mol. The van der Waals surface area contributed by atoms with Gasteiger partial charge in [0.05, 0.1) is 7.11 Å². The van der Waals surface area contributed by atoms with Crippen LogP contribution in [0.2, 0.25) is 0 Å². The largest absolute Gasteiger partial charge is 0.504 e. The van der Waals surface area contributed by atoms with Gasteiger partial charge in [-0.1, -0.05) is 6.07 Å². The molecule has 110 valence electrons. The lowest BCUT2D eigenvalue weighted by molar-refractivity contribution is -0.130. The third-order valence-electron chi connectivity index (χ3n) is 3.67. The Morgan fingerprint density at radius 2 is 2.35 bits per heavy atom. The monoisotopic (exact) mass is 278 g/mol. The van der Waals surface area contributed by atoms with Gasteiger partial charge in [0.25, 0.3) is 0 Å². The maximum atomic E-state index is 12.1. The quantitative estimate of drug-likeness (QED) is 0.857. The number of carbonyl (C=O) groups is 1. The molecule has 1 fully saturated rings. The second kappa shape index (κ2) is 6.61. The van der Waals surface area contributed by atoms with Crippen molar-refractivity contribution in [1.29, 1.82) is 0 Å². The number of aromatic hydroxyl groups is 1. The average Bonchev–Trinajstić information content (AvgIpc) is 2.91. The van der Waals surface area contributed by atoms with E-state index in [4.69, 9.17) is 4.74 Å². The number of ether oxygens (including phenoxy) is 1. The van der Waals surface area contributed by atoms with E-state index in [9.17, 15) is 9.90 Å². The number of phenolic OH excluding ortho intramolecular Hbond substituents is 1. The van der Waals surface area contributed by atoms with Crippen molar-refractivity contribution < 1.29 is 14.6 Å². The van der Waals surface area contributed by atoms with E-state index in [1.807, 2.05) is 6.07 Å². The maximum absolute atomic E-state index is 12.1. The standard InChI is InChI=1S/C15H22N2O3/c1-17(15(19)9-12-4-3-7-16-12)10-11-5-6-14(20-2)13(18)8-11/h5-6,8,12,16,18H,3-4,7,9-10H2,1-2H3. The summed E-state index contributed by atoms with van der Waals surface area (Å²) < 4.78 is 5.00. The fourth-order valence-electron chi connectivity index (χ4n) is 2.49. The molecule has 0 spiro atoms. The molecule has 1 aromatic rings. The Morgan fingerprint density at radius 1 is 1.55 bits per heavy atom. The second-order valence-corrected chi connectivity index (χ2v) is 5.25. The Bertz CT molecular complexity index is 470. The molecule has 1 unspecified atom stereocenters. The van der Waals surface area contributed by atoms with Crippen LogP contribution < -0.4 is 10.1 Å². The van der Waals surface area contributed by atoms with Gasteiger partial charge in [0.2, 0.25) is 5.91 Å². The number of hydrogen-bond donors (Lipinski definition) is 2. The Morgan fingerprint density at radius 3 is 2.95 bits per heavy atom. The van der Waals surface area contributed by atoms with E-state index in [0.29, 0.717) is 24.8 Å². The molecule has 1 aliphatic heterocycles. The van der Waals surface area contributed by atoms with Crippen molar-refractivity contribution in [3.8, 4) is 11.5 Å². The molecule has 1 atom stereocenters. The van der Waals surface area contributed by atoms with Crippen molar-refractivity contribution in [1.82, 2.24) is 10.2 Å². The minimum absolute atomic E-state index is 0.100. The molecule has 1 amide bonds. The van der Waals surface area contributed by atoms with Gasteiger partial charge >= 0.3 is 0 Å². The molecule has 1 aliphatic rings. The van der Waals surface area contributed by atoms with Crippen molar-refractivity contribution in [3.63, 3.8) is 0 Å². The third kappa shape index (κ3) is 3.63. The molecule has 5 heteroatoms. The zero-order valence-corrected chi connectivity index (χ0v) is 12.1. The highest BCUT2D eigenvalue weighted by Crippen LogP contribution is 2.26. The number of nitrogens with zero attached hydrogens (tertiary/aromatic N) is 1. The van der Waals surface area contributed by atoms with Crippen molar-refractivity contribution in [2.45, 2.75) is 31.8 Å². The van der Waals surface area contributed by atoms with Gasteiger partial charge < -0.3 is 20.1 Å². The first-order chi connectivity index (χ1) is 9.60. The van der Waals surface area contributed by atoms with Crippen molar-refractivity contribution >= 4 is 5.91 Å². The molecule has 0 aromatic heterocycles. The number of benzene rings is 1. The fourth-order valence-corrected chi connectivity index (χ4v) is 2.49. The van der Waals surface area contributed by atoms with E-state index < -0.39 is 0 Å². The fraction of sp³-hybridized carbons (Fsp3) is 0.533. The van der Waals surface area contributed by atoms with E-state index in [1.165, 1.54) is 7.11 Å². The molecule has 1 saturated heterocycles. The van der Waals surface area contributed by atoms with E-state index in [0.717, 1.165) is 24.9 Å². The van der Waals surface area contributed by atoms with Crippen molar-refractivity contribution in [3.05, 3.63) is 23.8 Å². The zero-order chi connectivity index (χ0) is 14.5. The Hall–Kier alpha value is -1.75. The molecule has 0 aliphatic carbocycles. The summed E-state index contributed by atoms with van der Waals surface area (Å²) in [5.74, 6) is 0.668. The van der Waals surface area contributed by atoms with Gasteiger partial charge in [-0.25, -0.2) is 0 Å². The van der Waals surface area contributed by atoms with Crippen LogP contribution in [0.3, 0.4) is 0 Å². The number of methoxy groups -OCH3 is 1. The van der Waals surface area contributed by atoms with Crippen LogP contribution in [0.4, 0.5) is 0 Å². The predicted octanol–water partition coefficient (Wildman–Crippen LogP) is 1.50. The molecular formula is C15H22N2O3. The lowest BCUT2D eigenvalue weighted by Gasteiger charge is -2.20. The van der Waals surface area contributed by atoms with Gasteiger partial charge in [-0.2, -0.15) is 0 Å². The van der Waals surface area contributed by atoms with E-state index in [1.54, 1.807) is 24.1 Å². The van der Waals surface area contributed by atoms with Gasteiger partial charge in [0.15, 0.2) is 11.5 Å². The molecule has 1 heterocycles. The molecule has 1 aromatic carbocycles. The Labute approximate surface area is 119 Å². The lowest BCUT2D eigenvalue weighted by Crippen LogP contribution is -2.33. The van der Waals surface area contributed by atoms with Crippen LogP contribution in [0.1, 0.15) is 24.8 Å². The first-order valence-electron chi connectivity index (χ1n) is 6.93. The molecule has 2 N–H and O–H groups in total.